The van der Waals surface area contributed by atoms with Gasteiger partial charge >= 0.3 is 0 Å². The molecule has 2 aromatic rings. The predicted octanol–water partition coefficient (Wildman–Crippen LogP) is 2.51. The zero-order valence-electron chi connectivity index (χ0n) is 16.5. The van der Waals surface area contributed by atoms with Crippen molar-refractivity contribution in [2.45, 2.75) is 38.1 Å². The van der Waals surface area contributed by atoms with Crippen LogP contribution in [0.4, 0.5) is 0 Å². The van der Waals surface area contributed by atoms with Gasteiger partial charge in [-0.15, -0.1) is 0 Å². The summed E-state index contributed by atoms with van der Waals surface area (Å²) in [5.41, 5.74) is 1.51. The van der Waals surface area contributed by atoms with E-state index in [0.717, 1.165) is 12.8 Å². The van der Waals surface area contributed by atoms with Crippen molar-refractivity contribution in [2.24, 2.45) is 11.8 Å². The third kappa shape index (κ3) is 3.35. The lowest BCUT2D eigenvalue weighted by molar-refractivity contribution is 0.0772. The van der Waals surface area contributed by atoms with Crippen molar-refractivity contribution < 1.29 is 13.2 Å². The molecule has 8 heteroatoms. The van der Waals surface area contributed by atoms with E-state index in [1.165, 1.54) is 4.31 Å². The molecular weight excluding hydrogens is 376 g/mol. The molecule has 0 bridgehead atoms. The average molecular weight is 403 g/mol. The molecule has 0 unspecified atom stereocenters. The lowest BCUT2D eigenvalue weighted by Gasteiger charge is -2.21. The van der Waals surface area contributed by atoms with E-state index in [1.54, 1.807) is 47.1 Å². The number of para-hydroxylation sites is 1. The van der Waals surface area contributed by atoms with Crippen LogP contribution in [0.1, 0.15) is 42.9 Å². The third-order valence-electron chi connectivity index (χ3n) is 5.28. The molecule has 1 amide bonds. The monoisotopic (exact) mass is 402 g/mol. The van der Waals surface area contributed by atoms with E-state index in [0.29, 0.717) is 42.0 Å². The minimum absolute atomic E-state index is 0.157. The molecule has 0 atom stereocenters. The molecule has 7 nitrogen and oxygen atoms in total. The van der Waals surface area contributed by atoms with Gasteiger partial charge in [0.05, 0.1) is 17.9 Å². The summed E-state index contributed by atoms with van der Waals surface area (Å²) in [6, 6.07) is 6.94. The van der Waals surface area contributed by atoms with Crippen LogP contribution in [0.25, 0.3) is 5.69 Å². The van der Waals surface area contributed by atoms with Gasteiger partial charge in [-0.2, -0.15) is 4.31 Å². The van der Waals surface area contributed by atoms with Gasteiger partial charge < -0.3 is 4.90 Å². The molecule has 2 aliphatic rings. The number of carbonyl (C=O) groups excluding carboxylic acids is 1. The summed E-state index contributed by atoms with van der Waals surface area (Å²) in [6.07, 6.45) is 3.67. The number of imidazole rings is 1. The Bertz CT molecular complexity index is 1010. The maximum Gasteiger partial charge on any atom is 0.274 e. The topological polar surface area (TPSA) is 75.5 Å². The number of rotatable bonds is 5. The van der Waals surface area contributed by atoms with Crippen LogP contribution in [0, 0.1) is 11.8 Å². The Labute approximate surface area is 166 Å². The first-order chi connectivity index (χ1) is 13.3. The summed E-state index contributed by atoms with van der Waals surface area (Å²) in [7, 11) is -1.87. The lowest BCUT2D eigenvalue weighted by atomic mass is 10.2. The van der Waals surface area contributed by atoms with Gasteiger partial charge in [0.2, 0.25) is 10.0 Å². The average Bonchev–Trinajstić information content (AvgIpc) is 3.38. The molecule has 1 aromatic carbocycles. The highest BCUT2D eigenvalue weighted by molar-refractivity contribution is 7.89. The molecule has 4 rings (SSSR count). The maximum absolute atomic E-state index is 13.3. The van der Waals surface area contributed by atoms with Crippen LogP contribution in [-0.4, -0.2) is 53.2 Å². The van der Waals surface area contributed by atoms with Gasteiger partial charge in [-0.1, -0.05) is 26.0 Å². The normalized spacial score (nSPS) is 18.4. The predicted molar refractivity (Wildman–Crippen MR) is 106 cm³/mol. The van der Waals surface area contributed by atoms with Crippen molar-refractivity contribution in [3.8, 4) is 5.69 Å². The van der Waals surface area contributed by atoms with E-state index < -0.39 is 10.0 Å². The largest absolute Gasteiger partial charge is 0.340 e. The van der Waals surface area contributed by atoms with Crippen LogP contribution in [0.2, 0.25) is 0 Å². The molecule has 150 valence electrons. The van der Waals surface area contributed by atoms with Gasteiger partial charge in [-0.25, -0.2) is 13.4 Å². The summed E-state index contributed by atoms with van der Waals surface area (Å²) in [5.74, 6) is 0.562. The summed E-state index contributed by atoms with van der Waals surface area (Å²) >= 11 is 0. The van der Waals surface area contributed by atoms with Crippen molar-refractivity contribution in [2.75, 3.05) is 20.1 Å². The van der Waals surface area contributed by atoms with Gasteiger partial charge in [0.15, 0.2) is 5.69 Å². The quantitative estimate of drug-likeness (QED) is 0.770. The van der Waals surface area contributed by atoms with Crippen LogP contribution < -0.4 is 0 Å². The smallest absolute Gasteiger partial charge is 0.274 e. The van der Waals surface area contributed by atoms with E-state index in [2.05, 4.69) is 18.8 Å². The van der Waals surface area contributed by atoms with E-state index in [1.807, 2.05) is 0 Å². The second kappa shape index (κ2) is 7.00. The molecule has 0 N–H and O–H groups in total. The highest BCUT2D eigenvalue weighted by Crippen LogP contribution is 2.36. The van der Waals surface area contributed by atoms with Crippen molar-refractivity contribution in [1.29, 1.82) is 0 Å². The van der Waals surface area contributed by atoms with Crippen LogP contribution in [0.5, 0.6) is 0 Å². The highest BCUT2D eigenvalue weighted by atomic mass is 32.2. The van der Waals surface area contributed by atoms with E-state index in [-0.39, 0.29) is 17.3 Å². The number of amides is 1. The first kappa shape index (κ1) is 19.1. The summed E-state index contributed by atoms with van der Waals surface area (Å²) in [6.45, 7) is 5.36. The molecule has 1 aromatic heterocycles. The minimum Gasteiger partial charge on any atom is -0.340 e. The number of hydrogen-bond donors (Lipinski definition) is 0. The first-order valence-electron chi connectivity index (χ1n) is 9.70. The first-order valence-corrected chi connectivity index (χ1v) is 11.1. The molecule has 1 aliphatic carbocycles. The van der Waals surface area contributed by atoms with Gasteiger partial charge in [-0.05, 0) is 36.8 Å². The fourth-order valence-corrected chi connectivity index (χ4v) is 5.40. The Morgan fingerprint density at radius 3 is 2.68 bits per heavy atom. The summed E-state index contributed by atoms with van der Waals surface area (Å²) in [5, 5.41) is 0. The van der Waals surface area contributed by atoms with Crippen LogP contribution in [0.3, 0.4) is 0 Å². The molecule has 1 fully saturated rings. The van der Waals surface area contributed by atoms with E-state index >= 15 is 0 Å². The van der Waals surface area contributed by atoms with E-state index in [9.17, 15) is 13.2 Å². The molecule has 1 saturated carbocycles. The lowest BCUT2D eigenvalue weighted by Crippen LogP contribution is -2.34. The number of carbonyl (C=O) groups is 1. The molecule has 28 heavy (non-hydrogen) atoms. The Kier molecular flexibility index (Phi) is 4.79. The Morgan fingerprint density at radius 2 is 2.00 bits per heavy atom. The second-order valence-corrected chi connectivity index (χ2v) is 10.1. The standard InChI is InChI=1S/C20H26N4O3S/c1-14(2)10-22(3)20(25)19-17-12-23(11-15-8-9-15)28(26,27)18-7-5-4-6-16(18)24(17)13-21-19/h4-7,13-15H,8-12H2,1-3H3. The SMILES string of the molecule is CC(C)CN(C)C(=O)c1ncn2c1CN(CC1CC1)S(=O)(=O)c1ccccc1-2. The highest BCUT2D eigenvalue weighted by Gasteiger charge is 2.38. The molecule has 1 aliphatic heterocycles. The van der Waals surface area contributed by atoms with Gasteiger partial charge in [0.25, 0.3) is 5.91 Å². The molecule has 0 saturated heterocycles. The third-order valence-corrected chi connectivity index (χ3v) is 7.14. The Balaban J connectivity index is 1.81. The molecular formula is C20H26N4O3S. The van der Waals surface area contributed by atoms with Crippen molar-refractivity contribution in [1.82, 2.24) is 18.8 Å². The van der Waals surface area contributed by atoms with Gasteiger partial charge in [0.1, 0.15) is 11.2 Å². The van der Waals surface area contributed by atoms with Gasteiger partial charge in [-0.3, -0.25) is 9.36 Å². The molecule has 0 spiro atoms. The number of benzene rings is 1. The van der Waals surface area contributed by atoms with Crippen LogP contribution in [0.15, 0.2) is 35.5 Å². The number of hydrogen-bond acceptors (Lipinski definition) is 4. The molecule has 2 heterocycles. The minimum atomic E-state index is -3.63. The second-order valence-electron chi connectivity index (χ2n) is 8.20. The Hall–Kier alpha value is -2.19. The van der Waals surface area contributed by atoms with Crippen molar-refractivity contribution >= 4 is 15.9 Å². The Morgan fingerprint density at radius 1 is 1.29 bits per heavy atom. The number of fused-ring (bicyclic) bond motifs is 3. The number of aromatic nitrogens is 2. The zero-order chi connectivity index (χ0) is 20.1. The van der Waals surface area contributed by atoms with Crippen LogP contribution >= 0.6 is 0 Å². The van der Waals surface area contributed by atoms with Crippen LogP contribution in [-0.2, 0) is 16.6 Å². The van der Waals surface area contributed by atoms with Gasteiger partial charge in [0, 0.05) is 20.1 Å². The summed E-state index contributed by atoms with van der Waals surface area (Å²) < 4.78 is 29.9. The van der Waals surface area contributed by atoms with Crippen molar-refractivity contribution in [3.05, 3.63) is 42.0 Å². The number of nitrogens with zero attached hydrogens (tertiary/aromatic N) is 4. The maximum atomic E-state index is 13.3. The van der Waals surface area contributed by atoms with E-state index in [4.69, 9.17) is 0 Å². The van der Waals surface area contributed by atoms with Crippen molar-refractivity contribution in [3.63, 3.8) is 0 Å². The number of sulfonamides is 1. The summed E-state index contributed by atoms with van der Waals surface area (Å²) in [4.78, 5) is 19.3. The fourth-order valence-electron chi connectivity index (χ4n) is 3.74. The fraction of sp³-hybridized carbons (Fsp3) is 0.500. The zero-order valence-corrected chi connectivity index (χ0v) is 17.3. The molecule has 0 radical (unpaired) electrons.